The number of carbonyl (C=O) groups is 1. The molecule has 0 saturated carbocycles. The number of methoxy groups -OCH3 is 1. The highest BCUT2D eigenvalue weighted by Gasteiger charge is 2.17. The molecule has 156 valence electrons. The molecule has 3 heterocycles. The Morgan fingerprint density at radius 2 is 2.00 bits per heavy atom. The van der Waals surface area contributed by atoms with E-state index in [0.29, 0.717) is 35.8 Å². The van der Waals surface area contributed by atoms with Crippen molar-refractivity contribution in [2.45, 2.75) is 39.3 Å². The van der Waals surface area contributed by atoms with Crippen molar-refractivity contribution < 1.29 is 9.53 Å². The first-order valence-electron chi connectivity index (χ1n) is 9.86. The van der Waals surface area contributed by atoms with Crippen LogP contribution in [0.2, 0.25) is 0 Å². The quantitative estimate of drug-likeness (QED) is 0.469. The number of hydrogen-bond donors (Lipinski definition) is 1. The largest absolute Gasteiger partial charge is 0.497 e. The second-order valence-corrected chi connectivity index (χ2v) is 7.88. The summed E-state index contributed by atoms with van der Waals surface area (Å²) in [5.74, 6) is 1.93. The molecule has 0 saturated heterocycles. The molecule has 4 aromatic rings. The van der Waals surface area contributed by atoms with Crippen molar-refractivity contribution in [3.63, 3.8) is 0 Å². The van der Waals surface area contributed by atoms with Gasteiger partial charge in [-0.05, 0) is 35.6 Å². The molecule has 0 fully saturated rings. The molecule has 3 aromatic heterocycles. The number of fused-ring (bicyclic) bond motifs is 3. The monoisotopic (exact) mass is 425 g/mol. The van der Waals surface area contributed by atoms with Crippen LogP contribution in [0.15, 0.2) is 40.5 Å². The van der Waals surface area contributed by atoms with Crippen molar-refractivity contribution in [3.8, 4) is 5.75 Å². The van der Waals surface area contributed by atoms with Crippen LogP contribution in [-0.2, 0) is 24.3 Å². The van der Waals surface area contributed by atoms with Crippen LogP contribution in [0.5, 0.6) is 5.75 Å². The van der Waals surface area contributed by atoms with Gasteiger partial charge in [-0.2, -0.15) is 0 Å². The number of aryl methyl sites for hydroxylation is 2. The molecule has 1 amide bonds. The van der Waals surface area contributed by atoms with Crippen LogP contribution in [0.1, 0.15) is 31.2 Å². The van der Waals surface area contributed by atoms with E-state index in [0.717, 1.165) is 23.3 Å². The lowest BCUT2D eigenvalue weighted by Crippen LogP contribution is -2.24. The summed E-state index contributed by atoms with van der Waals surface area (Å²) in [4.78, 5) is 25.1. The lowest BCUT2D eigenvalue weighted by Gasteiger charge is -2.08. The maximum atomic E-state index is 12.7. The van der Waals surface area contributed by atoms with E-state index in [1.54, 1.807) is 11.7 Å². The number of nitrogens with one attached hydrogen (secondary N) is 1. The van der Waals surface area contributed by atoms with E-state index < -0.39 is 0 Å². The van der Waals surface area contributed by atoms with E-state index in [9.17, 15) is 9.59 Å². The summed E-state index contributed by atoms with van der Waals surface area (Å²) in [5, 5.41) is 13.4. The van der Waals surface area contributed by atoms with E-state index in [-0.39, 0.29) is 17.9 Å². The van der Waals surface area contributed by atoms with Gasteiger partial charge in [0.2, 0.25) is 11.7 Å². The van der Waals surface area contributed by atoms with Gasteiger partial charge in [0, 0.05) is 25.9 Å². The summed E-state index contributed by atoms with van der Waals surface area (Å²) >= 11 is 1.42. The first-order chi connectivity index (χ1) is 14.6. The summed E-state index contributed by atoms with van der Waals surface area (Å²) in [5.41, 5.74) is 1.76. The van der Waals surface area contributed by atoms with Gasteiger partial charge in [0.15, 0.2) is 0 Å². The number of amides is 1. The number of ether oxygens (including phenoxy) is 1. The van der Waals surface area contributed by atoms with E-state index in [4.69, 9.17) is 4.74 Å². The van der Waals surface area contributed by atoms with Gasteiger partial charge in [0.25, 0.3) is 5.56 Å². The number of benzene rings is 1. The number of hydrogen-bond acceptors (Lipinski definition) is 6. The Kier molecular flexibility index (Phi) is 5.80. The molecular weight excluding hydrogens is 402 g/mol. The first-order valence-corrected chi connectivity index (χ1v) is 10.7. The van der Waals surface area contributed by atoms with Crippen molar-refractivity contribution >= 4 is 33.2 Å². The zero-order chi connectivity index (χ0) is 21.1. The van der Waals surface area contributed by atoms with Gasteiger partial charge in [-0.25, -0.2) is 0 Å². The molecule has 30 heavy (non-hydrogen) atoms. The summed E-state index contributed by atoms with van der Waals surface area (Å²) in [7, 11) is 1.62. The molecule has 0 bridgehead atoms. The van der Waals surface area contributed by atoms with Crippen molar-refractivity contribution in [1.82, 2.24) is 24.5 Å². The predicted molar refractivity (Wildman–Crippen MR) is 116 cm³/mol. The topological polar surface area (TPSA) is 90.5 Å². The number of rotatable bonds is 8. The van der Waals surface area contributed by atoms with Gasteiger partial charge < -0.3 is 10.1 Å². The van der Waals surface area contributed by atoms with Crippen LogP contribution < -0.4 is 15.6 Å². The SMILES string of the molecule is CCCn1c(=O)c2sccc2n2c(CCC(=O)NCc3ccc(OC)cc3)nnc12. The van der Waals surface area contributed by atoms with Crippen LogP contribution in [0.25, 0.3) is 16.0 Å². The minimum Gasteiger partial charge on any atom is -0.497 e. The number of thiophene rings is 1. The Hall–Kier alpha value is -3.20. The van der Waals surface area contributed by atoms with Crippen LogP contribution >= 0.6 is 11.3 Å². The second-order valence-electron chi connectivity index (χ2n) is 6.97. The summed E-state index contributed by atoms with van der Waals surface area (Å²) in [6.45, 7) is 3.05. The van der Waals surface area contributed by atoms with E-state index in [1.165, 1.54) is 11.3 Å². The van der Waals surface area contributed by atoms with Gasteiger partial charge in [0.05, 0.1) is 12.6 Å². The standard InChI is InChI=1S/C21H23N5O3S/c1-3-11-25-20(28)19-16(10-12-30-19)26-17(23-24-21(25)26)8-9-18(27)22-13-14-4-6-15(29-2)7-5-14/h4-7,10,12H,3,8-9,11,13H2,1-2H3,(H,22,27). The molecule has 9 heteroatoms. The molecule has 0 aliphatic rings. The highest BCUT2D eigenvalue weighted by atomic mass is 32.1. The van der Waals surface area contributed by atoms with E-state index >= 15 is 0 Å². The average molecular weight is 426 g/mol. The Morgan fingerprint density at radius 1 is 1.20 bits per heavy atom. The molecule has 1 aromatic carbocycles. The van der Waals surface area contributed by atoms with Crippen molar-refractivity contribution in [3.05, 3.63) is 57.5 Å². The third-order valence-corrected chi connectivity index (χ3v) is 5.84. The molecule has 8 nitrogen and oxygen atoms in total. The number of nitrogens with zero attached hydrogens (tertiary/aromatic N) is 4. The molecule has 0 atom stereocenters. The van der Waals surface area contributed by atoms with Gasteiger partial charge in [-0.1, -0.05) is 19.1 Å². The second kappa shape index (κ2) is 8.66. The molecule has 0 spiro atoms. The van der Waals surface area contributed by atoms with Gasteiger partial charge in [-0.3, -0.25) is 18.6 Å². The van der Waals surface area contributed by atoms with Crippen molar-refractivity contribution in [2.75, 3.05) is 7.11 Å². The molecule has 0 aliphatic heterocycles. The Balaban J connectivity index is 1.50. The molecule has 0 radical (unpaired) electrons. The lowest BCUT2D eigenvalue weighted by molar-refractivity contribution is -0.121. The molecule has 4 rings (SSSR count). The zero-order valence-corrected chi connectivity index (χ0v) is 17.7. The Labute approximate surface area is 177 Å². The first kappa shape index (κ1) is 20.1. The smallest absolute Gasteiger partial charge is 0.272 e. The Morgan fingerprint density at radius 3 is 2.73 bits per heavy atom. The summed E-state index contributed by atoms with van der Waals surface area (Å²) < 4.78 is 9.39. The summed E-state index contributed by atoms with van der Waals surface area (Å²) in [6.07, 6.45) is 1.54. The fourth-order valence-corrected chi connectivity index (χ4v) is 4.25. The zero-order valence-electron chi connectivity index (χ0n) is 16.9. The van der Waals surface area contributed by atoms with Crippen LogP contribution in [-0.4, -0.2) is 32.2 Å². The molecular formula is C21H23N5O3S. The summed E-state index contributed by atoms with van der Waals surface area (Å²) in [6, 6.07) is 9.48. The third kappa shape index (κ3) is 3.80. The van der Waals surface area contributed by atoms with Gasteiger partial charge in [-0.15, -0.1) is 21.5 Å². The van der Waals surface area contributed by atoms with Gasteiger partial charge >= 0.3 is 0 Å². The maximum absolute atomic E-state index is 12.7. The highest BCUT2D eigenvalue weighted by molar-refractivity contribution is 7.17. The predicted octanol–water partition coefficient (Wildman–Crippen LogP) is 2.77. The van der Waals surface area contributed by atoms with Gasteiger partial charge in [0.1, 0.15) is 16.3 Å². The average Bonchev–Trinajstić information content (AvgIpc) is 3.41. The van der Waals surface area contributed by atoms with E-state index in [2.05, 4.69) is 15.5 Å². The minimum absolute atomic E-state index is 0.0365. The third-order valence-electron chi connectivity index (χ3n) is 4.95. The minimum atomic E-state index is -0.0639. The molecule has 0 unspecified atom stereocenters. The fraction of sp³-hybridized carbons (Fsp3) is 0.333. The van der Waals surface area contributed by atoms with Crippen molar-refractivity contribution in [2.24, 2.45) is 0 Å². The highest BCUT2D eigenvalue weighted by Crippen LogP contribution is 2.20. The normalized spacial score (nSPS) is 11.3. The van der Waals surface area contributed by atoms with Crippen LogP contribution in [0.3, 0.4) is 0 Å². The lowest BCUT2D eigenvalue weighted by atomic mass is 10.2. The Bertz CT molecular complexity index is 1240. The molecule has 0 aliphatic carbocycles. The fourth-order valence-electron chi connectivity index (χ4n) is 3.43. The van der Waals surface area contributed by atoms with Crippen LogP contribution in [0.4, 0.5) is 0 Å². The maximum Gasteiger partial charge on any atom is 0.272 e. The molecule has 1 N–H and O–H groups in total. The number of carbonyl (C=O) groups excluding carboxylic acids is 1. The number of aromatic nitrogens is 4. The van der Waals surface area contributed by atoms with Crippen molar-refractivity contribution in [1.29, 1.82) is 0 Å². The van der Waals surface area contributed by atoms with Crippen LogP contribution in [0, 0.1) is 0 Å². The van der Waals surface area contributed by atoms with E-state index in [1.807, 2.05) is 47.0 Å².